The predicted octanol–water partition coefficient (Wildman–Crippen LogP) is 4.11. The molecule has 0 saturated heterocycles. The highest BCUT2D eigenvalue weighted by Gasteiger charge is 2.12. The van der Waals surface area contributed by atoms with Crippen molar-refractivity contribution in [1.82, 2.24) is 0 Å². The number of rotatable bonds is 7. The van der Waals surface area contributed by atoms with Gasteiger partial charge in [-0.1, -0.05) is 13.8 Å². The van der Waals surface area contributed by atoms with E-state index in [-0.39, 0.29) is 5.75 Å². The molecule has 5 heteroatoms. The van der Waals surface area contributed by atoms with Crippen LogP contribution in [0.3, 0.4) is 0 Å². The van der Waals surface area contributed by atoms with E-state index >= 15 is 0 Å². The first-order valence-electron chi connectivity index (χ1n) is 7.18. The molecule has 0 aliphatic heterocycles. The van der Waals surface area contributed by atoms with E-state index in [1.807, 2.05) is 19.1 Å². The lowest BCUT2D eigenvalue weighted by atomic mass is 10.2. The highest BCUT2D eigenvalue weighted by Crippen LogP contribution is 2.20. The van der Waals surface area contributed by atoms with Crippen molar-refractivity contribution in [1.29, 1.82) is 0 Å². The summed E-state index contributed by atoms with van der Waals surface area (Å²) in [5.41, 5.74) is 2.32. The number of anilines is 1. The predicted molar refractivity (Wildman–Crippen MR) is 89.8 cm³/mol. The van der Waals surface area contributed by atoms with Gasteiger partial charge in [0.05, 0.1) is 10.6 Å². The SMILES string of the molecule is CCCS(=O)(=O)c1ccc(NCc2sccc2CC)cc1. The fourth-order valence-electron chi connectivity index (χ4n) is 2.19. The van der Waals surface area contributed by atoms with Crippen LogP contribution in [0.2, 0.25) is 0 Å². The van der Waals surface area contributed by atoms with Gasteiger partial charge in [0.25, 0.3) is 0 Å². The molecule has 0 radical (unpaired) electrons. The first-order valence-corrected chi connectivity index (χ1v) is 9.72. The maximum atomic E-state index is 12.0. The van der Waals surface area contributed by atoms with Gasteiger partial charge in [0.15, 0.2) is 9.84 Å². The smallest absolute Gasteiger partial charge is 0.178 e. The zero-order chi connectivity index (χ0) is 15.3. The number of thiophene rings is 1. The number of hydrogen-bond donors (Lipinski definition) is 1. The van der Waals surface area contributed by atoms with Gasteiger partial charge in [-0.05, 0) is 54.1 Å². The normalized spacial score (nSPS) is 11.5. The summed E-state index contributed by atoms with van der Waals surface area (Å²) in [6, 6.07) is 9.19. The Kier molecular flexibility index (Phi) is 5.42. The molecule has 0 aliphatic rings. The second kappa shape index (κ2) is 7.09. The molecule has 0 aliphatic carbocycles. The van der Waals surface area contributed by atoms with Crippen LogP contribution in [-0.2, 0) is 22.8 Å². The van der Waals surface area contributed by atoms with E-state index in [2.05, 4.69) is 23.7 Å². The average Bonchev–Trinajstić information content (AvgIpc) is 2.93. The van der Waals surface area contributed by atoms with Crippen molar-refractivity contribution in [2.45, 2.75) is 38.1 Å². The maximum Gasteiger partial charge on any atom is 0.178 e. The number of hydrogen-bond acceptors (Lipinski definition) is 4. The lowest BCUT2D eigenvalue weighted by molar-refractivity contribution is 0.595. The van der Waals surface area contributed by atoms with E-state index in [0.717, 1.165) is 18.7 Å². The zero-order valence-corrected chi connectivity index (χ0v) is 14.1. The quantitative estimate of drug-likeness (QED) is 0.834. The summed E-state index contributed by atoms with van der Waals surface area (Å²) in [7, 11) is -3.12. The lowest BCUT2D eigenvalue weighted by Crippen LogP contribution is -2.06. The average molecular weight is 323 g/mol. The molecule has 0 atom stereocenters. The van der Waals surface area contributed by atoms with Crippen molar-refractivity contribution in [2.24, 2.45) is 0 Å². The molecular weight excluding hydrogens is 302 g/mol. The largest absolute Gasteiger partial charge is 0.380 e. The standard InChI is InChI=1S/C16H21NO2S2/c1-3-11-21(18,19)15-7-5-14(6-8-15)17-12-16-13(4-2)9-10-20-16/h5-10,17H,3-4,11-12H2,1-2H3. The summed E-state index contributed by atoms with van der Waals surface area (Å²) < 4.78 is 23.9. The molecule has 1 aromatic carbocycles. The summed E-state index contributed by atoms with van der Waals surface area (Å²) in [6.07, 6.45) is 1.68. The fourth-order valence-corrected chi connectivity index (χ4v) is 4.43. The van der Waals surface area contributed by atoms with Gasteiger partial charge in [0.1, 0.15) is 0 Å². The Bertz CT molecular complexity index is 673. The van der Waals surface area contributed by atoms with E-state index in [1.54, 1.807) is 23.5 Å². The molecule has 0 saturated carbocycles. The Morgan fingerprint density at radius 2 is 1.81 bits per heavy atom. The van der Waals surface area contributed by atoms with Gasteiger partial charge in [0.2, 0.25) is 0 Å². The number of benzene rings is 1. The van der Waals surface area contributed by atoms with E-state index in [0.29, 0.717) is 11.3 Å². The van der Waals surface area contributed by atoms with Crippen LogP contribution < -0.4 is 5.32 Å². The molecule has 0 unspecified atom stereocenters. The zero-order valence-electron chi connectivity index (χ0n) is 12.4. The first kappa shape index (κ1) is 16.0. The van der Waals surface area contributed by atoms with Gasteiger partial charge in [-0.15, -0.1) is 11.3 Å². The summed E-state index contributed by atoms with van der Waals surface area (Å²) >= 11 is 1.75. The Hall–Kier alpha value is -1.33. The van der Waals surface area contributed by atoms with Crippen molar-refractivity contribution in [3.63, 3.8) is 0 Å². The molecule has 1 aromatic heterocycles. The first-order chi connectivity index (χ1) is 10.1. The van der Waals surface area contributed by atoms with Gasteiger partial charge in [0, 0.05) is 17.1 Å². The third kappa shape index (κ3) is 4.08. The number of sulfone groups is 1. The minimum Gasteiger partial charge on any atom is -0.380 e. The second-order valence-corrected chi connectivity index (χ2v) is 8.03. The van der Waals surface area contributed by atoms with Crippen LogP contribution in [0, 0.1) is 0 Å². The van der Waals surface area contributed by atoms with Crippen LogP contribution in [0.1, 0.15) is 30.7 Å². The van der Waals surface area contributed by atoms with Crippen LogP contribution >= 0.6 is 11.3 Å². The highest BCUT2D eigenvalue weighted by molar-refractivity contribution is 7.91. The minimum absolute atomic E-state index is 0.203. The molecule has 2 aromatic rings. The van der Waals surface area contributed by atoms with Crippen LogP contribution in [0.5, 0.6) is 0 Å². The molecule has 0 bridgehead atoms. The van der Waals surface area contributed by atoms with Crippen molar-refractivity contribution in [3.05, 3.63) is 46.2 Å². The van der Waals surface area contributed by atoms with E-state index in [4.69, 9.17) is 0 Å². The molecule has 0 amide bonds. The van der Waals surface area contributed by atoms with Crippen molar-refractivity contribution < 1.29 is 8.42 Å². The molecule has 21 heavy (non-hydrogen) atoms. The van der Waals surface area contributed by atoms with Crippen LogP contribution in [0.25, 0.3) is 0 Å². The molecular formula is C16H21NO2S2. The van der Waals surface area contributed by atoms with Gasteiger partial charge in [-0.3, -0.25) is 0 Å². The summed E-state index contributed by atoms with van der Waals surface area (Å²) in [5.74, 6) is 0.203. The maximum absolute atomic E-state index is 12.0. The van der Waals surface area contributed by atoms with E-state index in [1.165, 1.54) is 10.4 Å². The summed E-state index contributed by atoms with van der Waals surface area (Å²) in [5, 5.41) is 5.46. The molecule has 3 nitrogen and oxygen atoms in total. The van der Waals surface area contributed by atoms with Gasteiger partial charge in [-0.2, -0.15) is 0 Å². The molecule has 0 fully saturated rings. The van der Waals surface area contributed by atoms with Gasteiger partial charge < -0.3 is 5.32 Å². The van der Waals surface area contributed by atoms with E-state index < -0.39 is 9.84 Å². The van der Waals surface area contributed by atoms with Crippen LogP contribution in [0.4, 0.5) is 5.69 Å². The molecule has 1 N–H and O–H groups in total. The van der Waals surface area contributed by atoms with Gasteiger partial charge >= 0.3 is 0 Å². The highest BCUT2D eigenvalue weighted by atomic mass is 32.2. The lowest BCUT2D eigenvalue weighted by Gasteiger charge is -2.08. The molecule has 114 valence electrons. The van der Waals surface area contributed by atoms with Crippen molar-refractivity contribution in [2.75, 3.05) is 11.1 Å². The third-order valence-corrected chi connectivity index (χ3v) is 6.26. The fraction of sp³-hybridized carbons (Fsp3) is 0.375. The molecule has 2 rings (SSSR count). The van der Waals surface area contributed by atoms with Crippen molar-refractivity contribution in [3.8, 4) is 0 Å². The Balaban J connectivity index is 2.03. The van der Waals surface area contributed by atoms with E-state index in [9.17, 15) is 8.42 Å². The minimum atomic E-state index is -3.12. The Morgan fingerprint density at radius 3 is 2.43 bits per heavy atom. The summed E-state index contributed by atoms with van der Waals surface area (Å²) in [6.45, 7) is 4.81. The third-order valence-electron chi connectivity index (χ3n) is 3.36. The Morgan fingerprint density at radius 1 is 1.10 bits per heavy atom. The number of aryl methyl sites for hydroxylation is 1. The Labute approximate surface area is 130 Å². The monoisotopic (exact) mass is 323 g/mol. The summed E-state index contributed by atoms with van der Waals surface area (Å²) in [4.78, 5) is 1.74. The van der Waals surface area contributed by atoms with Crippen molar-refractivity contribution >= 4 is 26.9 Å². The number of nitrogens with one attached hydrogen (secondary N) is 1. The molecule has 0 spiro atoms. The van der Waals surface area contributed by atoms with Gasteiger partial charge in [-0.25, -0.2) is 8.42 Å². The second-order valence-electron chi connectivity index (χ2n) is 4.92. The van der Waals surface area contributed by atoms with Crippen LogP contribution in [-0.4, -0.2) is 14.2 Å². The topological polar surface area (TPSA) is 46.2 Å². The van der Waals surface area contributed by atoms with Crippen LogP contribution in [0.15, 0.2) is 40.6 Å². The molecule has 1 heterocycles.